The van der Waals surface area contributed by atoms with Gasteiger partial charge in [-0.3, -0.25) is 4.90 Å². The van der Waals surface area contributed by atoms with Crippen molar-refractivity contribution in [2.24, 2.45) is 17.1 Å². The van der Waals surface area contributed by atoms with Crippen LogP contribution in [0.25, 0.3) is 0 Å². The maximum atomic E-state index is 5.93. The van der Waals surface area contributed by atoms with Gasteiger partial charge in [-0.1, -0.05) is 13.8 Å². The van der Waals surface area contributed by atoms with Crippen LogP contribution in [0.15, 0.2) is 0 Å². The van der Waals surface area contributed by atoms with Crippen LogP contribution in [0.5, 0.6) is 0 Å². The van der Waals surface area contributed by atoms with Crippen LogP contribution in [0, 0.1) is 11.3 Å². The summed E-state index contributed by atoms with van der Waals surface area (Å²) >= 11 is 0. The molecule has 0 radical (unpaired) electrons. The summed E-state index contributed by atoms with van der Waals surface area (Å²) in [5.74, 6) is 0.907. The van der Waals surface area contributed by atoms with Crippen LogP contribution < -0.4 is 5.73 Å². The standard InChI is InChI=1S/C14H28N2/c1-14(2)8-6-12(7-9-14)16(3)13(10-15)11-4-5-11/h11-13H,4-10,15H2,1-3H3. The van der Waals surface area contributed by atoms with E-state index in [2.05, 4.69) is 25.8 Å². The highest BCUT2D eigenvalue weighted by Crippen LogP contribution is 2.40. The maximum Gasteiger partial charge on any atom is 0.0246 e. The molecule has 0 saturated heterocycles. The highest BCUT2D eigenvalue weighted by atomic mass is 15.2. The summed E-state index contributed by atoms with van der Waals surface area (Å²) in [5.41, 5.74) is 6.51. The van der Waals surface area contributed by atoms with Crippen molar-refractivity contribution in [1.82, 2.24) is 4.90 Å². The minimum Gasteiger partial charge on any atom is -0.329 e. The Hall–Kier alpha value is -0.0800. The van der Waals surface area contributed by atoms with Crippen molar-refractivity contribution in [3.05, 3.63) is 0 Å². The van der Waals surface area contributed by atoms with Crippen molar-refractivity contribution < 1.29 is 0 Å². The summed E-state index contributed by atoms with van der Waals surface area (Å²) < 4.78 is 0. The van der Waals surface area contributed by atoms with E-state index in [0.717, 1.165) is 18.5 Å². The van der Waals surface area contributed by atoms with Crippen LogP contribution >= 0.6 is 0 Å². The normalized spacial score (nSPS) is 28.3. The average Bonchev–Trinajstić information content (AvgIpc) is 3.03. The smallest absolute Gasteiger partial charge is 0.0246 e. The second kappa shape index (κ2) is 4.66. The van der Waals surface area contributed by atoms with E-state index >= 15 is 0 Å². The SMILES string of the molecule is CN(C1CCC(C)(C)CC1)C(CN)C1CC1. The minimum absolute atomic E-state index is 0.579. The third kappa shape index (κ3) is 2.78. The highest BCUT2D eigenvalue weighted by Gasteiger charge is 2.37. The predicted molar refractivity (Wildman–Crippen MR) is 69.4 cm³/mol. The van der Waals surface area contributed by atoms with Gasteiger partial charge in [-0.25, -0.2) is 0 Å². The fraction of sp³-hybridized carbons (Fsp3) is 1.00. The van der Waals surface area contributed by atoms with Gasteiger partial charge in [-0.15, -0.1) is 0 Å². The van der Waals surface area contributed by atoms with Gasteiger partial charge in [-0.2, -0.15) is 0 Å². The molecule has 1 unspecified atom stereocenters. The Bertz CT molecular complexity index is 223. The van der Waals surface area contributed by atoms with Crippen molar-refractivity contribution in [2.45, 2.75) is 64.5 Å². The molecule has 2 aliphatic rings. The maximum absolute atomic E-state index is 5.93. The van der Waals surface area contributed by atoms with Gasteiger partial charge in [0.1, 0.15) is 0 Å². The third-order valence-corrected chi connectivity index (χ3v) is 4.82. The van der Waals surface area contributed by atoms with Crippen molar-refractivity contribution in [3.8, 4) is 0 Å². The largest absolute Gasteiger partial charge is 0.329 e. The fourth-order valence-electron chi connectivity index (χ4n) is 3.23. The summed E-state index contributed by atoms with van der Waals surface area (Å²) in [6, 6.07) is 1.45. The molecule has 2 heteroatoms. The molecule has 0 aliphatic heterocycles. The van der Waals surface area contributed by atoms with Crippen molar-refractivity contribution in [2.75, 3.05) is 13.6 Å². The third-order valence-electron chi connectivity index (χ3n) is 4.82. The first kappa shape index (κ1) is 12.4. The minimum atomic E-state index is 0.579. The van der Waals surface area contributed by atoms with E-state index in [1.54, 1.807) is 0 Å². The van der Waals surface area contributed by atoms with E-state index in [0.29, 0.717) is 11.5 Å². The summed E-state index contributed by atoms with van der Waals surface area (Å²) in [4.78, 5) is 2.60. The fourth-order valence-corrected chi connectivity index (χ4v) is 3.23. The molecule has 2 rings (SSSR count). The molecule has 0 amide bonds. The van der Waals surface area contributed by atoms with Gasteiger partial charge in [0, 0.05) is 18.6 Å². The highest BCUT2D eigenvalue weighted by molar-refractivity contribution is 4.92. The first-order chi connectivity index (χ1) is 7.53. The summed E-state index contributed by atoms with van der Waals surface area (Å²) in [6.45, 7) is 5.66. The van der Waals surface area contributed by atoms with Gasteiger partial charge in [0.25, 0.3) is 0 Å². The van der Waals surface area contributed by atoms with Gasteiger partial charge >= 0.3 is 0 Å². The molecular formula is C14H28N2. The number of likely N-dealkylation sites (N-methyl/N-ethyl adjacent to an activating group) is 1. The molecule has 94 valence electrons. The van der Waals surface area contributed by atoms with Crippen LogP contribution in [0.1, 0.15) is 52.4 Å². The van der Waals surface area contributed by atoms with E-state index < -0.39 is 0 Å². The Kier molecular flexibility index (Phi) is 3.60. The van der Waals surface area contributed by atoms with Crippen molar-refractivity contribution >= 4 is 0 Å². The lowest BCUT2D eigenvalue weighted by Gasteiger charge is -2.41. The second-order valence-corrected chi connectivity index (χ2v) is 6.70. The van der Waals surface area contributed by atoms with Crippen LogP contribution in [0.4, 0.5) is 0 Å². The summed E-state index contributed by atoms with van der Waals surface area (Å²) in [6.07, 6.45) is 8.31. The molecule has 2 aliphatic carbocycles. The Labute approximate surface area is 101 Å². The summed E-state index contributed by atoms with van der Waals surface area (Å²) in [5, 5.41) is 0. The van der Waals surface area contributed by atoms with Gasteiger partial charge < -0.3 is 5.73 Å². The Morgan fingerprint density at radius 3 is 2.19 bits per heavy atom. The van der Waals surface area contributed by atoms with Crippen LogP contribution in [-0.2, 0) is 0 Å². The zero-order valence-electron chi connectivity index (χ0n) is 11.2. The van der Waals surface area contributed by atoms with Gasteiger partial charge in [-0.05, 0) is 56.9 Å². The van der Waals surface area contributed by atoms with Crippen LogP contribution in [-0.4, -0.2) is 30.6 Å². The molecule has 1 atom stereocenters. The molecule has 0 aromatic rings. The monoisotopic (exact) mass is 224 g/mol. The molecule has 0 aromatic heterocycles. The Morgan fingerprint density at radius 2 is 1.75 bits per heavy atom. The first-order valence-corrected chi connectivity index (χ1v) is 6.95. The zero-order chi connectivity index (χ0) is 11.8. The van der Waals surface area contributed by atoms with Crippen molar-refractivity contribution in [3.63, 3.8) is 0 Å². The van der Waals surface area contributed by atoms with E-state index in [-0.39, 0.29) is 0 Å². The lowest BCUT2D eigenvalue weighted by Crippen LogP contribution is -2.47. The molecule has 2 fully saturated rings. The van der Waals surface area contributed by atoms with E-state index in [1.165, 1.54) is 38.5 Å². The topological polar surface area (TPSA) is 29.3 Å². The molecule has 2 nitrogen and oxygen atoms in total. The molecule has 0 spiro atoms. The average molecular weight is 224 g/mol. The number of nitrogens with two attached hydrogens (primary N) is 1. The summed E-state index contributed by atoms with van der Waals surface area (Å²) in [7, 11) is 2.30. The van der Waals surface area contributed by atoms with E-state index in [9.17, 15) is 0 Å². The quantitative estimate of drug-likeness (QED) is 0.795. The first-order valence-electron chi connectivity index (χ1n) is 6.95. The van der Waals surface area contributed by atoms with Crippen LogP contribution in [0.2, 0.25) is 0 Å². The second-order valence-electron chi connectivity index (χ2n) is 6.70. The number of hydrogen-bond donors (Lipinski definition) is 1. The van der Waals surface area contributed by atoms with E-state index in [1.807, 2.05) is 0 Å². The number of nitrogens with zero attached hydrogens (tertiary/aromatic N) is 1. The molecule has 2 saturated carbocycles. The number of rotatable bonds is 4. The van der Waals surface area contributed by atoms with E-state index in [4.69, 9.17) is 5.73 Å². The lowest BCUT2D eigenvalue weighted by molar-refractivity contribution is 0.0885. The lowest BCUT2D eigenvalue weighted by atomic mass is 9.75. The van der Waals surface area contributed by atoms with Crippen LogP contribution in [0.3, 0.4) is 0 Å². The zero-order valence-corrected chi connectivity index (χ0v) is 11.2. The van der Waals surface area contributed by atoms with Gasteiger partial charge in [0.05, 0.1) is 0 Å². The molecule has 0 aromatic carbocycles. The Morgan fingerprint density at radius 1 is 1.19 bits per heavy atom. The number of hydrogen-bond acceptors (Lipinski definition) is 2. The molecule has 0 bridgehead atoms. The Balaban J connectivity index is 1.87. The molecule has 0 heterocycles. The molecular weight excluding hydrogens is 196 g/mol. The molecule has 16 heavy (non-hydrogen) atoms. The van der Waals surface area contributed by atoms with Gasteiger partial charge in [0.2, 0.25) is 0 Å². The molecule has 2 N–H and O–H groups in total. The van der Waals surface area contributed by atoms with Gasteiger partial charge in [0.15, 0.2) is 0 Å². The van der Waals surface area contributed by atoms with Crippen molar-refractivity contribution in [1.29, 1.82) is 0 Å². The predicted octanol–water partition coefficient (Wildman–Crippen LogP) is 2.62.